The van der Waals surface area contributed by atoms with Crippen LogP contribution in [0.5, 0.6) is 0 Å². The fourth-order valence-corrected chi connectivity index (χ4v) is 1.03. The number of rotatable bonds is 3. The molecule has 13 heavy (non-hydrogen) atoms. The van der Waals surface area contributed by atoms with Crippen LogP contribution < -0.4 is 0 Å². The van der Waals surface area contributed by atoms with Gasteiger partial charge in [0.25, 0.3) is 5.69 Å². The van der Waals surface area contributed by atoms with Crippen molar-refractivity contribution in [1.29, 1.82) is 0 Å². The fraction of sp³-hybridized carbons (Fsp3) is 0. The lowest BCUT2D eigenvalue weighted by atomic mass is 10.2. The van der Waals surface area contributed by atoms with Crippen molar-refractivity contribution in [2.24, 2.45) is 0 Å². The molecule has 0 aliphatic carbocycles. The lowest BCUT2D eigenvalue weighted by Crippen LogP contribution is -1.86. The van der Waals surface area contributed by atoms with E-state index in [0.29, 0.717) is 12.0 Å². The maximum atomic E-state index is 10.3. The zero-order valence-corrected chi connectivity index (χ0v) is 7.40. The average molecular weight is 197 g/mol. The molecule has 0 saturated carbocycles. The number of hydrogen-bond acceptors (Lipinski definition) is 4. The smallest absolute Gasteiger partial charge is 0.269 e. The minimum atomic E-state index is -0.450. The second kappa shape index (κ2) is 4.64. The monoisotopic (exact) mass is 197 g/mol. The number of benzene rings is 1. The Bertz CT molecular complexity index is 321. The summed E-state index contributed by atoms with van der Waals surface area (Å²) in [5, 5.41) is 11.8. The van der Waals surface area contributed by atoms with E-state index in [1.54, 1.807) is 18.2 Å². The summed E-state index contributed by atoms with van der Waals surface area (Å²) in [6.45, 7) is 0. The fourth-order valence-electron chi connectivity index (χ4n) is 0.816. The van der Waals surface area contributed by atoms with Gasteiger partial charge in [-0.15, -0.1) is 0 Å². The van der Waals surface area contributed by atoms with E-state index >= 15 is 0 Å². The average Bonchev–Trinajstić information content (AvgIpc) is 2.15. The van der Waals surface area contributed by atoms with Crippen LogP contribution in [0.1, 0.15) is 5.56 Å². The third-order valence-electron chi connectivity index (χ3n) is 1.43. The zero-order chi connectivity index (χ0) is 9.68. The highest BCUT2D eigenvalue weighted by molar-refractivity contribution is 7.96. The van der Waals surface area contributed by atoms with Crippen LogP contribution in [0.2, 0.25) is 0 Å². The van der Waals surface area contributed by atoms with E-state index in [2.05, 4.69) is 0 Å². The standard InChI is InChI=1S/C8H7NO3S/c10-9(11)8-3-1-7(2-4-8)5-6-13-12/h1-6,12H/b6-5+. The molecular formula is C8H7NO3S. The van der Waals surface area contributed by atoms with Gasteiger partial charge in [0.2, 0.25) is 0 Å². The van der Waals surface area contributed by atoms with Gasteiger partial charge in [-0.25, -0.2) is 0 Å². The molecule has 1 rings (SSSR count). The van der Waals surface area contributed by atoms with Gasteiger partial charge in [0.05, 0.1) is 4.92 Å². The Morgan fingerprint density at radius 2 is 2.00 bits per heavy atom. The molecule has 0 spiro atoms. The number of non-ortho nitro benzene ring substituents is 1. The van der Waals surface area contributed by atoms with E-state index in [4.69, 9.17) is 4.55 Å². The molecule has 0 unspecified atom stereocenters. The Kier molecular flexibility index (Phi) is 3.48. The molecule has 0 heterocycles. The molecule has 0 radical (unpaired) electrons. The predicted molar refractivity (Wildman–Crippen MR) is 52.4 cm³/mol. The van der Waals surface area contributed by atoms with Gasteiger partial charge in [-0.3, -0.25) is 10.1 Å². The van der Waals surface area contributed by atoms with Gasteiger partial charge in [0.1, 0.15) is 0 Å². The van der Waals surface area contributed by atoms with E-state index < -0.39 is 4.92 Å². The summed E-state index contributed by atoms with van der Waals surface area (Å²) in [5.74, 6) is 0. The highest BCUT2D eigenvalue weighted by Gasteiger charge is 2.01. The number of nitro benzene ring substituents is 1. The van der Waals surface area contributed by atoms with Crippen LogP contribution in [0.25, 0.3) is 6.08 Å². The first-order valence-electron chi connectivity index (χ1n) is 3.45. The molecule has 0 amide bonds. The van der Waals surface area contributed by atoms with E-state index in [9.17, 15) is 10.1 Å². The maximum absolute atomic E-state index is 10.3. The summed E-state index contributed by atoms with van der Waals surface area (Å²) in [7, 11) is 0. The molecule has 0 fully saturated rings. The summed E-state index contributed by atoms with van der Waals surface area (Å²) < 4.78 is 8.39. The largest absolute Gasteiger partial charge is 0.326 e. The van der Waals surface area contributed by atoms with Crippen molar-refractivity contribution in [2.75, 3.05) is 0 Å². The second-order valence-corrected chi connectivity index (χ2v) is 2.74. The Labute approximate surface area is 79.3 Å². The third-order valence-corrected chi connectivity index (χ3v) is 1.68. The third kappa shape index (κ3) is 2.89. The molecule has 5 heteroatoms. The van der Waals surface area contributed by atoms with Gasteiger partial charge >= 0.3 is 0 Å². The Hall–Kier alpha value is -1.33. The first-order valence-corrected chi connectivity index (χ1v) is 4.29. The Morgan fingerprint density at radius 1 is 1.38 bits per heavy atom. The molecule has 1 aromatic rings. The number of hydrogen-bond donors (Lipinski definition) is 1. The van der Waals surface area contributed by atoms with Crippen molar-refractivity contribution in [3.05, 3.63) is 45.4 Å². The van der Waals surface area contributed by atoms with Crippen molar-refractivity contribution < 1.29 is 9.48 Å². The molecule has 0 aromatic heterocycles. The highest BCUT2D eigenvalue weighted by atomic mass is 32.2. The first-order chi connectivity index (χ1) is 6.24. The van der Waals surface area contributed by atoms with Crippen LogP contribution in [-0.4, -0.2) is 9.48 Å². The summed E-state index contributed by atoms with van der Waals surface area (Å²) >= 11 is 0.593. The molecule has 0 saturated heterocycles. The van der Waals surface area contributed by atoms with Crippen molar-refractivity contribution in [1.82, 2.24) is 0 Å². The van der Waals surface area contributed by atoms with Crippen LogP contribution in [0, 0.1) is 10.1 Å². The summed E-state index contributed by atoms with van der Waals surface area (Å²) in [6, 6.07) is 6.07. The predicted octanol–water partition coefficient (Wildman–Crippen LogP) is 2.77. The molecule has 1 aromatic carbocycles. The Morgan fingerprint density at radius 3 is 2.46 bits per heavy atom. The van der Waals surface area contributed by atoms with Crippen molar-refractivity contribution in [3.63, 3.8) is 0 Å². The normalized spacial score (nSPS) is 10.5. The van der Waals surface area contributed by atoms with Crippen LogP contribution in [-0.2, 0) is 0 Å². The minimum Gasteiger partial charge on any atom is -0.326 e. The highest BCUT2D eigenvalue weighted by Crippen LogP contribution is 2.13. The molecular weight excluding hydrogens is 190 g/mol. The lowest BCUT2D eigenvalue weighted by molar-refractivity contribution is -0.384. The molecule has 4 nitrogen and oxygen atoms in total. The van der Waals surface area contributed by atoms with E-state index in [0.717, 1.165) is 5.56 Å². The van der Waals surface area contributed by atoms with Crippen LogP contribution >= 0.6 is 12.0 Å². The molecule has 0 aliphatic rings. The van der Waals surface area contributed by atoms with Gasteiger partial charge in [-0.1, -0.05) is 0 Å². The lowest BCUT2D eigenvalue weighted by Gasteiger charge is -1.92. The summed E-state index contributed by atoms with van der Waals surface area (Å²) in [5.41, 5.74) is 0.876. The first kappa shape index (κ1) is 9.76. The minimum absolute atomic E-state index is 0.0637. The van der Waals surface area contributed by atoms with Crippen LogP contribution in [0.15, 0.2) is 29.7 Å². The molecule has 68 valence electrons. The van der Waals surface area contributed by atoms with Crippen molar-refractivity contribution >= 4 is 23.8 Å². The quantitative estimate of drug-likeness (QED) is 0.459. The topological polar surface area (TPSA) is 63.4 Å². The van der Waals surface area contributed by atoms with Gasteiger partial charge < -0.3 is 4.55 Å². The van der Waals surface area contributed by atoms with Crippen molar-refractivity contribution in [3.8, 4) is 0 Å². The zero-order valence-electron chi connectivity index (χ0n) is 6.58. The van der Waals surface area contributed by atoms with Gasteiger partial charge in [0, 0.05) is 24.2 Å². The number of nitro groups is 1. The molecule has 0 aliphatic heterocycles. The summed E-state index contributed by atoms with van der Waals surface area (Å²) in [4.78, 5) is 9.82. The van der Waals surface area contributed by atoms with E-state index in [1.807, 2.05) is 0 Å². The van der Waals surface area contributed by atoms with Gasteiger partial charge in [-0.2, -0.15) is 0 Å². The molecule has 1 N–H and O–H groups in total. The van der Waals surface area contributed by atoms with Gasteiger partial charge in [0.15, 0.2) is 0 Å². The molecule has 0 atom stereocenters. The molecule has 0 bridgehead atoms. The van der Waals surface area contributed by atoms with Gasteiger partial charge in [-0.05, 0) is 29.2 Å². The van der Waals surface area contributed by atoms with Crippen LogP contribution in [0.3, 0.4) is 0 Å². The number of nitrogens with zero attached hydrogens (tertiary/aromatic N) is 1. The van der Waals surface area contributed by atoms with Crippen LogP contribution in [0.4, 0.5) is 5.69 Å². The van der Waals surface area contributed by atoms with Crippen molar-refractivity contribution in [2.45, 2.75) is 0 Å². The summed E-state index contributed by atoms with van der Waals surface area (Å²) in [6.07, 6.45) is 1.66. The Balaban J connectivity index is 2.81. The maximum Gasteiger partial charge on any atom is 0.269 e. The second-order valence-electron chi connectivity index (χ2n) is 2.26. The van der Waals surface area contributed by atoms with E-state index in [-0.39, 0.29) is 5.69 Å². The van der Waals surface area contributed by atoms with E-state index in [1.165, 1.54) is 17.5 Å². The SMILES string of the molecule is O=[N+]([O-])c1ccc(/C=C/SO)cc1.